The van der Waals surface area contributed by atoms with Gasteiger partial charge in [0.2, 0.25) is 0 Å². The fraction of sp³-hybridized carbons (Fsp3) is 0.0769. The molecule has 96 valence electrons. The van der Waals surface area contributed by atoms with E-state index < -0.39 is 5.91 Å². The second kappa shape index (κ2) is 4.17. The minimum Gasteiger partial charge on any atom is -0.364 e. The van der Waals surface area contributed by atoms with Crippen LogP contribution in [0.15, 0.2) is 30.5 Å². The lowest BCUT2D eigenvalue weighted by Gasteiger charge is -2.01. The van der Waals surface area contributed by atoms with E-state index in [2.05, 4.69) is 4.98 Å². The summed E-state index contributed by atoms with van der Waals surface area (Å²) in [5.41, 5.74) is 7.23. The Morgan fingerprint density at radius 3 is 2.68 bits per heavy atom. The molecule has 0 atom stereocenters. The summed E-state index contributed by atoms with van der Waals surface area (Å²) in [6.07, 6.45) is 1.61. The van der Waals surface area contributed by atoms with Gasteiger partial charge in [0, 0.05) is 11.1 Å². The third-order valence-corrected chi connectivity index (χ3v) is 3.83. The number of halogens is 1. The van der Waals surface area contributed by atoms with Gasteiger partial charge in [0.05, 0.1) is 5.69 Å². The smallest absolute Gasteiger partial charge is 0.268 e. The number of benzene rings is 1. The maximum absolute atomic E-state index is 13.0. The van der Waals surface area contributed by atoms with E-state index in [0.717, 1.165) is 16.1 Å². The molecule has 0 radical (unpaired) electrons. The normalized spacial score (nSPS) is 11.1. The van der Waals surface area contributed by atoms with Crippen LogP contribution in [-0.4, -0.2) is 15.3 Å². The molecule has 0 aliphatic rings. The van der Waals surface area contributed by atoms with Crippen molar-refractivity contribution >= 4 is 22.2 Å². The average molecular weight is 275 g/mol. The SMILES string of the molecule is Cc1sc2nc(C(N)=O)cn2c1-c1ccc(F)cc1. The molecule has 0 saturated heterocycles. The van der Waals surface area contributed by atoms with Crippen LogP contribution in [0.25, 0.3) is 16.2 Å². The van der Waals surface area contributed by atoms with E-state index in [4.69, 9.17) is 5.73 Å². The van der Waals surface area contributed by atoms with Crippen LogP contribution in [0.5, 0.6) is 0 Å². The van der Waals surface area contributed by atoms with Crippen LogP contribution in [0, 0.1) is 12.7 Å². The van der Waals surface area contributed by atoms with Crippen LogP contribution in [0.2, 0.25) is 0 Å². The van der Waals surface area contributed by atoms with Crippen LogP contribution >= 0.6 is 11.3 Å². The Kier molecular flexibility index (Phi) is 2.60. The first kappa shape index (κ1) is 11.9. The molecule has 2 aromatic heterocycles. The molecule has 6 heteroatoms. The predicted octanol–water partition coefficient (Wildman–Crippen LogP) is 2.61. The summed E-state index contributed by atoms with van der Waals surface area (Å²) in [4.78, 5) is 17.1. The highest BCUT2D eigenvalue weighted by Gasteiger charge is 2.15. The molecular formula is C13H10FN3OS. The highest BCUT2D eigenvalue weighted by atomic mass is 32.1. The van der Waals surface area contributed by atoms with Gasteiger partial charge in [-0.3, -0.25) is 9.20 Å². The quantitative estimate of drug-likeness (QED) is 0.781. The maximum atomic E-state index is 13.0. The summed E-state index contributed by atoms with van der Waals surface area (Å²) in [6.45, 7) is 1.96. The number of fused-ring (bicyclic) bond motifs is 1. The molecule has 0 spiro atoms. The molecule has 0 saturated carbocycles. The standard InChI is InChI=1S/C13H10FN3OS/c1-7-11(8-2-4-9(14)5-3-8)17-6-10(12(15)18)16-13(17)19-7/h2-6H,1H3,(H2,15,18). The van der Waals surface area contributed by atoms with Crippen molar-refractivity contribution in [2.24, 2.45) is 5.73 Å². The van der Waals surface area contributed by atoms with Gasteiger partial charge in [0.25, 0.3) is 5.91 Å². The lowest BCUT2D eigenvalue weighted by Crippen LogP contribution is -2.11. The van der Waals surface area contributed by atoms with E-state index in [1.807, 2.05) is 11.3 Å². The molecule has 0 aliphatic carbocycles. The second-order valence-electron chi connectivity index (χ2n) is 4.16. The lowest BCUT2D eigenvalue weighted by atomic mass is 10.1. The van der Waals surface area contributed by atoms with Crippen LogP contribution in [-0.2, 0) is 0 Å². The topological polar surface area (TPSA) is 60.4 Å². The summed E-state index contributed by atoms with van der Waals surface area (Å²) in [6, 6.07) is 6.22. The number of aromatic nitrogens is 2. The molecule has 0 bridgehead atoms. The van der Waals surface area contributed by atoms with Gasteiger partial charge in [-0.1, -0.05) is 0 Å². The average Bonchev–Trinajstić information content (AvgIpc) is 2.87. The van der Waals surface area contributed by atoms with Crippen molar-refractivity contribution < 1.29 is 9.18 Å². The number of thiazole rings is 1. The number of carbonyl (C=O) groups excluding carboxylic acids is 1. The fourth-order valence-electron chi connectivity index (χ4n) is 2.02. The zero-order valence-electron chi connectivity index (χ0n) is 10.1. The largest absolute Gasteiger partial charge is 0.364 e. The van der Waals surface area contributed by atoms with Gasteiger partial charge in [0.1, 0.15) is 11.5 Å². The number of nitrogens with zero attached hydrogens (tertiary/aromatic N) is 2. The Morgan fingerprint density at radius 1 is 1.37 bits per heavy atom. The van der Waals surface area contributed by atoms with Gasteiger partial charge in [-0.15, -0.1) is 11.3 Å². The molecule has 1 aromatic carbocycles. The van der Waals surface area contributed by atoms with Crippen molar-refractivity contribution in [2.45, 2.75) is 6.92 Å². The van der Waals surface area contributed by atoms with E-state index in [0.29, 0.717) is 4.96 Å². The van der Waals surface area contributed by atoms with Crippen LogP contribution in [0.3, 0.4) is 0 Å². The monoisotopic (exact) mass is 275 g/mol. The molecule has 2 heterocycles. The van der Waals surface area contributed by atoms with Gasteiger partial charge in [-0.2, -0.15) is 0 Å². The zero-order valence-corrected chi connectivity index (χ0v) is 10.9. The summed E-state index contributed by atoms with van der Waals surface area (Å²) in [5.74, 6) is -0.838. The highest BCUT2D eigenvalue weighted by Crippen LogP contribution is 2.31. The number of rotatable bonds is 2. The van der Waals surface area contributed by atoms with Crippen LogP contribution < -0.4 is 5.73 Å². The number of nitrogens with two attached hydrogens (primary N) is 1. The first-order valence-electron chi connectivity index (χ1n) is 5.60. The van der Waals surface area contributed by atoms with Crippen molar-refractivity contribution in [3.63, 3.8) is 0 Å². The van der Waals surface area contributed by atoms with E-state index in [1.165, 1.54) is 23.5 Å². The second-order valence-corrected chi connectivity index (χ2v) is 5.34. The van der Waals surface area contributed by atoms with Gasteiger partial charge >= 0.3 is 0 Å². The number of hydrogen-bond acceptors (Lipinski definition) is 3. The van der Waals surface area contributed by atoms with Crippen molar-refractivity contribution in [1.82, 2.24) is 9.38 Å². The van der Waals surface area contributed by atoms with Crippen molar-refractivity contribution in [3.8, 4) is 11.3 Å². The number of hydrogen-bond donors (Lipinski definition) is 1. The highest BCUT2D eigenvalue weighted by molar-refractivity contribution is 7.17. The summed E-state index contributed by atoms with van der Waals surface area (Å²) in [5, 5.41) is 0. The molecule has 19 heavy (non-hydrogen) atoms. The third-order valence-electron chi connectivity index (χ3n) is 2.86. The Balaban J connectivity index is 2.24. The third kappa shape index (κ3) is 1.90. The number of imidazole rings is 1. The Labute approximate surface area is 112 Å². The van der Waals surface area contributed by atoms with Crippen LogP contribution in [0.4, 0.5) is 4.39 Å². The van der Waals surface area contributed by atoms with Crippen LogP contribution in [0.1, 0.15) is 15.4 Å². The number of aryl methyl sites for hydroxylation is 1. The Bertz CT molecular complexity index is 773. The summed E-state index contributed by atoms with van der Waals surface area (Å²) >= 11 is 1.47. The van der Waals surface area contributed by atoms with Crippen molar-refractivity contribution in [2.75, 3.05) is 0 Å². The van der Waals surface area contributed by atoms with Gasteiger partial charge in [-0.05, 0) is 36.8 Å². The van der Waals surface area contributed by atoms with Gasteiger partial charge in [-0.25, -0.2) is 9.37 Å². The minimum absolute atomic E-state index is 0.231. The van der Waals surface area contributed by atoms with Gasteiger partial charge < -0.3 is 5.73 Å². The fourth-order valence-corrected chi connectivity index (χ4v) is 2.99. The van der Waals surface area contributed by atoms with E-state index >= 15 is 0 Å². The van der Waals surface area contributed by atoms with Crippen molar-refractivity contribution in [1.29, 1.82) is 0 Å². The zero-order chi connectivity index (χ0) is 13.6. The Hall–Kier alpha value is -2.21. The van der Waals surface area contributed by atoms with E-state index in [1.54, 1.807) is 18.3 Å². The molecule has 3 aromatic rings. The molecule has 2 N–H and O–H groups in total. The van der Waals surface area contributed by atoms with E-state index in [-0.39, 0.29) is 11.5 Å². The number of primary amides is 1. The predicted molar refractivity (Wildman–Crippen MR) is 71.7 cm³/mol. The van der Waals surface area contributed by atoms with Gasteiger partial charge in [0.15, 0.2) is 4.96 Å². The molecule has 3 rings (SSSR count). The first-order valence-corrected chi connectivity index (χ1v) is 6.42. The minimum atomic E-state index is -0.557. The lowest BCUT2D eigenvalue weighted by molar-refractivity contribution is 0.0996. The maximum Gasteiger partial charge on any atom is 0.268 e. The molecular weight excluding hydrogens is 265 g/mol. The van der Waals surface area contributed by atoms with E-state index in [9.17, 15) is 9.18 Å². The van der Waals surface area contributed by atoms with Crippen molar-refractivity contribution in [3.05, 3.63) is 46.9 Å². The molecule has 0 aliphatic heterocycles. The summed E-state index contributed by atoms with van der Waals surface area (Å²) < 4.78 is 14.8. The Morgan fingerprint density at radius 2 is 2.05 bits per heavy atom. The molecule has 0 fully saturated rings. The first-order chi connectivity index (χ1) is 9.06. The molecule has 4 nitrogen and oxygen atoms in total. The number of carbonyl (C=O) groups is 1. The summed E-state index contributed by atoms with van der Waals surface area (Å²) in [7, 11) is 0. The molecule has 0 unspecified atom stereocenters. The number of amides is 1. The molecule has 1 amide bonds.